The van der Waals surface area contributed by atoms with Crippen LogP contribution in [-0.2, 0) is 0 Å². The van der Waals surface area contributed by atoms with Gasteiger partial charge in [-0.25, -0.2) is 9.98 Å². The molecule has 2 aromatic carbocycles. The quantitative estimate of drug-likeness (QED) is 0.454. The minimum Gasteiger partial charge on any atom is -0.507 e. The molecule has 1 N–H and O–H groups in total. The van der Waals surface area contributed by atoms with Gasteiger partial charge < -0.3 is 5.11 Å². The Bertz CT molecular complexity index is 873. The van der Waals surface area contributed by atoms with Crippen LogP contribution in [0.2, 0.25) is 0 Å². The molecule has 0 bridgehead atoms. The van der Waals surface area contributed by atoms with Crippen LogP contribution in [-0.4, -0.2) is 21.2 Å². The molecule has 108 valence electrons. The number of rotatable bonds is 3. The lowest BCUT2D eigenvalue weighted by molar-refractivity contribution is -0.385. The Morgan fingerprint density at radius 1 is 1.14 bits per heavy atom. The molecule has 1 heterocycles. The van der Waals surface area contributed by atoms with Gasteiger partial charge in [0.15, 0.2) is 5.82 Å². The summed E-state index contributed by atoms with van der Waals surface area (Å²) in [5.74, 6) is 0.474. The number of aliphatic imine (C=N–C) groups is 1. The van der Waals surface area contributed by atoms with Gasteiger partial charge in [0.1, 0.15) is 11.9 Å². The fourth-order valence-electron chi connectivity index (χ4n) is 2.07. The standard InChI is InChI=1S/C16H11N3O3/c20-16-12(6-5-11-3-1-2-4-14(11)16)9-17-15-8-7-13(10-18-15)19(21)22/h1-10,20H. The molecule has 0 radical (unpaired) electrons. The van der Waals surface area contributed by atoms with Gasteiger partial charge in [-0.3, -0.25) is 10.1 Å². The van der Waals surface area contributed by atoms with Gasteiger partial charge in [0.05, 0.1) is 4.92 Å². The molecule has 0 aliphatic rings. The maximum Gasteiger partial charge on any atom is 0.287 e. The number of fused-ring (bicyclic) bond motifs is 1. The van der Waals surface area contributed by atoms with Crippen molar-refractivity contribution in [3.8, 4) is 5.75 Å². The number of phenols is 1. The van der Waals surface area contributed by atoms with Gasteiger partial charge in [-0.1, -0.05) is 30.3 Å². The van der Waals surface area contributed by atoms with Crippen LogP contribution in [0.5, 0.6) is 5.75 Å². The minimum absolute atomic E-state index is 0.0903. The Labute approximate surface area is 125 Å². The predicted octanol–water partition coefficient (Wildman–Crippen LogP) is 3.60. The summed E-state index contributed by atoms with van der Waals surface area (Å²) in [6.07, 6.45) is 2.63. The predicted molar refractivity (Wildman–Crippen MR) is 83.8 cm³/mol. The zero-order valence-electron chi connectivity index (χ0n) is 11.4. The van der Waals surface area contributed by atoms with Crippen molar-refractivity contribution >= 4 is 28.5 Å². The highest BCUT2D eigenvalue weighted by atomic mass is 16.6. The molecule has 0 unspecified atom stereocenters. The van der Waals surface area contributed by atoms with Crippen molar-refractivity contribution in [1.29, 1.82) is 0 Å². The molecule has 6 heteroatoms. The average molecular weight is 293 g/mol. The number of hydrogen-bond donors (Lipinski definition) is 1. The number of nitrogens with zero attached hydrogens (tertiary/aromatic N) is 3. The van der Waals surface area contributed by atoms with Gasteiger partial charge in [-0.15, -0.1) is 0 Å². The van der Waals surface area contributed by atoms with Gasteiger partial charge in [0.2, 0.25) is 0 Å². The molecule has 0 aliphatic carbocycles. The molecule has 0 spiro atoms. The average Bonchev–Trinajstić information content (AvgIpc) is 2.55. The molecule has 0 atom stereocenters. The van der Waals surface area contributed by atoms with Crippen LogP contribution in [0.25, 0.3) is 10.8 Å². The Morgan fingerprint density at radius 3 is 2.68 bits per heavy atom. The first kappa shape index (κ1) is 13.7. The molecular formula is C16H11N3O3. The van der Waals surface area contributed by atoms with Crippen molar-refractivity contribution in [2.24, 2.45) is 4.99 Å². The first-order valence-corrected chi connectivity index (χ1v) is 6.50. The number of benzene rings is 2. The van der Waals surface area contributed by atoms with Gasteiger partial charge in [-0.05, 0) is 17.5 Å². The van der Waals surface area contributed by atoms with E-state index in [2.05, 4.69) is 9.98 Å². The van der Waals surface area contributed by atoms with E-state index in [4.69, 9.17) is 0 Å². The summed E-state index contributed by atoms with van der Waals surface area (Å²) < 4.78 is 0. The maximum atomic E-state index is 10.6. The molecule has 0 fully saturated rings. The molecular weight excluding hydrogens is 282 g/mol. The van der Waals surface area contributed by atoms with E-state index in [-0.39, 0.29) is 11.4 Å². The zero-order chi connectivity index (χ0) is 15.5. The number of aromatic nitrogens is 1. The summed E-state index contributed by atoms with van der Waals surface area (Å²) in [4.78, 5) is 18.0. The summed E-state index contributed by atoms with van der Waals surface area (Å²) in [6.45, 7) is 0. The smallest absolute Gasteiger partial charge is 0.287 e. The summed E-state index contributed by atoms with van der Waals surface area (Å²) in [6, 6.07) is 13.9. The Morgan fingerprint density at radius 2 is 1.95 bits per heavy atom. The van der Waals surface area contributed by atoms with Crippen molar-refractivity contribution in [3.05, 3.63) is 70.4 Å². The first-order valence-electron chi connectivity index (χ1n) is 6.50. The Balaban J connectivity index is 1.92. The SMILES string of the molecule is O=[N+]([O-])c1ccc(N=Cc2ccc3ccccc3c2O)nc1. The minimum atomic E-state index is -0.518. The molecule has 0 aliphatic heterocycles. The fraction of sp³-hybridized carbons (Fsp3) is 0. The van der Waals surface area contributed by atoms with E-state index in [1.54, 1.807) is 6.07 Å². The van der Waals surface area contributed by atoms with Crippen molar-refractivity contribution in [1.82, 2.24) is 4.98 Å². The molecule has 0 saturated heterocycles. The number of pyridine rings is 1. The lowest BCUT2D eigenvalue weighted by atomic mass is 10.1. The summed E-state index contributed by atoms with van der Waals surface area (Å²) >= 11 is 0. The number of phenolic OH excluding ortho intramolecular Hbond substituents is 1. The first-order chi connectivity index (χ1) is 10.6. The van der Waals surface area contributed by atoms with Gasteiger partial charge >= 0.3 is 0 Å². The molecule has 3 aromatic rings. The largest absolute Gasteiger partial charge is 0.507 e. The normalized spacial score (nSPS) is 11.1. The van der Waals surface area contributed by atoms with E-state index in [0.717, 1.165) is 17.0 Å². The number of hydrogen-bond acceptors (Lipinski definition) is 5. The van der Waals surface area contributed by atoms with E-state index in [9.17, 15) is 15.2 Å². The Hall–Kier alpha value is -3.28. The molecule has 22 heavy (non-hydrogen) atoms. The third-order valence-corrected chi connectivity index (χ3v) is 3.21. The van der Waals surface area contributed by atoms with E-state index < -0.39 is 4.92 Å². The van der Waals surface area contributed by atoms with Crippen molar-refractivity contribution < 1.29 is 10.0 Å². The topological polar surface area (TPSA) is 88.6 Å². The van der Waals surface area contributed by atoms with Gasteiger partial charge in [-0.2, -0.15) is 0 Å². The van der Waals surface area contributed by atoms with Crippen molar-refractivity contribution in [2.45, 2.75) is 0 Å². The van der Waals surface area contributed by atoms with Crippen molar-refractivity contribution in [3.63, 3.8) is 0 Å². The highest BCUT2D eigenvalue weighted by molar-refractivity contribution is 5.97. The summed E-state index contributed by atoms with van der Waals surface area (Å²) in [5, 5.41) is 22.5. The van der Waals surface area contributed by atoms with Gasteiger partial charge in [0, 0.05) is 23.2 Å². The molecule has 3 rings (SSSR count). The van der Waals surface area contributed by atoms with Crippen LogP contribution in [0, 0.1) is 10.1 Å². The fourth-order valence-corrected chi connectivity index (χ4v) is 2.07. The molecule has 0 amide bonds. The van der Waals surface area contributed by atoms with E-state index in [1.807, 2.05) is 30.3 Å². The van der Waals surface area contributed by atoms with E-state index >= 15 is 0 Å². The van der Waals surface area contributed by atoms with Crippen LogP contribution >= 0.6 is 0 Å². The molecule has 0 saturated carbocycles. The number of aromatic hydroxyl groups is 1. The van der Waals surface area contributed by atoms with Crippen LogP contribution in [0.3, 0.4) is 0 Å². The third kappa shape index (κ3) is 2.62. The summed E-state index contributed by atoms with van der Waals surface area (Å²) in [5.41, 5.74) is 0.464. The lowest BCUT2D eigenvalue weighted by Gasteiger charge is -2.03. The third-order valence-electron chi connectivity index (χ3n) is 3.21. The maximum absolute atomic E-state index is 10.6. The second-order valence-corrected chi connectivity index (χ2v) is 4.61. The van der Waals surface area contributed by atoms with Crippen LogP contribution in [0.4, 0.5) is 11.5 Å². The van der Waals surface area contributed by atoms with Crippen LogP contribution in [0.1, 0.15) is 5.56 Å². The van der Waals surface area contributed by atoms with Crippen LogP contribution in [0.15, 0.2) is 59.7 Å². The molecule has 1 aromatic heterocycles. The monoisotopic (exact) mass is 293 g/mol. The van der Waals surface area contributed by atoms with E-state index in [1.165, 1.54) is 18.3 Å². The zero-order valence-corrected chi connectivity index (χ0v) is 11.4. The number of nitro groups is 1. The highest BCUT2D eigenvalue weighted by Gasteiger charge is 2.06. The lowest BCUT2D eigenvalue weighted by Crippen LogP contribution is -1.88. The highest BCUT2D eigenvalue weighted by Crippen LogP contribution is 2.27. The Kier molecular flexibility index (Phi) is 3.49. The van der Waals surface area contributed by atoms with Crippen molar-refractivity contribution in [2.75, 3.05) is 0 Å². The summed E-state index contributed by atoms with van der Waals surface area (Å²) in [7, 11) is 0. The van der Waals surface area contributed by atoms with Gasteiger partial charge in [0.25, 0.3) is 5.69 Å². The second kappa shape index (κ2) is 5.61. The van der Waals surface area contributed by atoms with E-state index in [0.29, 0.717) is 11.4 Å². The van der Waals surface area contributed by atoms with Crippen LogP contribution < -0.4 is 0 Å². The second-order valence-electron chi connectivity index (χ2n) is 4.61. The molecule has 6 nitrogen and oxygen atoms in total.